The van der Waals surface area contributed by atoms with Crippen molar-refractivity contribution in [2.24, 2.45) is 44.3 Å². The van der Waals surface area contributed by atoms with Gasteiger partial charge in [0.05, 0.1) is 23.8 Å². The van der Waals surface area contributed by atoms with E-state index < -0.39 is 6.10 Å². The van der Waals surface area contributed by atoms with E-state index in [-0.39, 0.29) is 56.5 Å². The lowest BCUT2D eigenvalue weighted by Gasteiger charge is -2.70. The molecule has 0 radical (unpaired) electrons. The van der Waals surface area contributed by atoms with Crippen molar-refractivity contribution in [3.63, 3.8) is 0 Å². The highest BCUT2D eigenvalue weighted by Gasteiger charge is 2.67. The van der Waals surface area contributed by atoms with E-state index in [2.05, 4.69) is 48.5 Å². The Morgan fingerprint density at radius 3 is 2.02 bits per heavy atom. The Labute approximate surface area is 294 Å². The van der Waals surface area contributed by atoms with Crippen LogP contribution in [0.4, 0.5) is 0 Å². The molecule has 3 fully saturated rings. The molecule has 9 atom stereocenters. The van der Waals surface area contributed by atoms with Crippen molar-refractivity contribution in [3.05, 3.63) is 82.9 Å². The lowest BCUT2D eigenvalue weighted by molar-refractivity contribution is -0.169. The summed E-state index contributed by atoms with van der Waals surface area (Å²) in [6.07, 6.45) is 9.48. The second-order valence-corrected chi connectivity index (χ2v) is 18.6. The molecule has 0 aromatic heterocycles. The fourth-order valence-corrected chi connectivity index (χ4v) is 12.3. The number of hydrogen-bond acceptors (Lipinski definition) is 5. The largest absolute Gasteiger partial charge is 0.462 e. The maximum Gasteiger partial charge on any atom is 0.338 e. The van der Waals surface area contributed by atoms with Gasteiger partial charge in [0.15, 0.2) is 0 Å². The molecule has 2 aromatic rings. The summed E-state index contributed by atoms with van der Waals surface area (Å²) in [6, 6.07) is 18.7. The summed E-state index contributed by atoms with van der Waals surface area (Å²) in [6.45, 7) is 17.3. The normalized spacial score (nSPS) is 41.0. The van der Waals surface area contributed by atoms with Crippen molar-refractivity contribution in [2.75, 3.05) is 6.61 Å². The molecule has 3 saturated carbocycles. The summed E-state index contributed by atoms with van der Waals surface area (Å²) in [5.41, 5.74) is 3.85. The molecule has 5 aliphatic carbocycles. The second-order valence-electron chi connectivity index (χ2n) is 18.6. The number of ether oxygens (including phenoxy) is 2. The van der Waals surface area contributed by atoms with Crippen molar-refractivity contribution in [1.82, 2.24) is 0 Å². The second kappa shape index (κ2) is 11.8. The highest BCUT2D eigenvalue weighted by molar-refractivity contribution is 5.89. The van der Waals surface area contributed by atoms with Crippen molar-refractivity contribution < 1.29 is 24.2 Å². The van der Waals surface area contributed by atoms with E-state index in [1.54, 1.807) is 0 Å². The van der Waals surface area contributed by atoms with Gasteiger partial charge in [-0.2, -0.15) is 0 Å². The van der Waals surface area contributed by atoms with Crippen LogP contribution in [0.1, 0.15) is 133 Å². The number of rotatable bonds is 5. The predicted octanol–water partition coefficient (Wildman–Crippen LogP) is 9.99. The van der Waals surface area contributed by atoms with Gasteiger partial charge in [-0.15, -0.1) is 0 Å². The van der Waals surface area contributed by atoms with Crippen LogP contribution in [0.2, 0.25) is 0 Å². The third kappa shape index (κ3) is 5.35. The number of hydrogen-bond donors (Lipinski definition) is 1. The number of carbonyl (C=O) groups excluding carboxylic acids is 2. The Morgan fingerprint density at radius 1 is 0.755 bits per heavy atom. The Balaban J connectivity index is 1.16. The summed E-state index contributed by atoms with van der Waals surface area (Å²) in [5, 5.41) is 12.3. The van der Waals surface area contributed by atoms with Gasteiger partial charge >= 0.3 is 11.9 Å². The van der Waals surface area contributed by atoms with E-state index in [1.165, 1.54) is 11.1 Å². The maximum absolute atomic E-state index is 13.2. The van der Waals surface area contributed by atoms with Gasteiger partial charge in [-0.25, -0.2) is 9.59 Å². The van der Waals surface area contributed by atoms with E-state index in [1.807, 2.05) is 60.7 Å². The van der Waals surface area contributed by atoms with Crippen LogP contribution in [0.3, 0.4) is 0 Å². The smallest absolute Gasteiger partial charge is 0.338 e. The average molecular weight is 667 g/mol. The van der Waals surface area contributed by atoms with Gasteiger partial charge in [0, 0.05) is 10.8 Å². The molecule has 0 aliphatic heterocycles. The first-order valence-electron chi connectivity index (χ1n) is 19.0. The Morgan fingerprint density at radius 2 is 1.37 bits per heavy atom. The van der Waals surface area contributed by atoms with Crippen LogP contribution in [0, 0.1) is 44.3 Å². The minimum absolute atomic E-state index is 0.0338. The third-order valence-corrected chi connectivity index (χ3v) is 15.6. The summed E-state index contributed by atoms with van der Waals surface area (Å²) in [5.74, 6) is 0.210. The van der Waals surface area contributed by atoms with Gasteiger partial charge in [-0.05, 0) is 128 Å². The summed E-state index contributed by atoms with van der Waals surface area (Å²) in [4.78, 5) is 26.1. The molecule has 0 spiro atoms. The molecule has 1 N–H and O–H groups in total. The predicted molar refractivity (Wildman–Crippen MR) is 193 cm³/mol. The lowest BCUT2D eigenvalue weighted by Crippen LogP contribution is -2.63. The first-order chi connectivity index (χ1) is 23.1. The maximum atomic E-state index is 13.2. The number of fused-ring (bicyclic) bond motifs is 6. The average Bonchev–Trinajstić information content (AvgIpc) is 3.08. The van der Waals surface area contributed by atoms with Crippen LogP contribution >= 0.6 is 0 Å². The van der Waals surface area contributed by atoms with Gasteiger partial charge in [-0.3, -0.25) is 0 Å². The highest BCUT2D eigenvalue weighted by atomic mass is 16.5. The van der Waals surface area contributed by atoms with E-state index in [0.29, 0.717) is 30.1 Å². The van der Waals surface area contributed by atoms with E-state index in [4.69, 9.17) is 9.47 Å². The monoisotopic (exact) mass is 666 g/mol. The summed E-state index contributed by atoms with van der Waals surface area (Å²) >= 11 is 0. The van der Waals surface area contributed by atoms with E-state index in [0.717, 1.165) is 57.8 Å². The molecule has 4 unspecified atom stereocenters. The zero-order chi connectivity index (χ0) is 35.0. The molecule has 5 heteroatoms. The van der Waals surface area contributed by atoms with Crippen LogP contribution in [0.15, 0.2) is 71.8 Å². The van der Waals surface area contributed by atoms with Gasteiger partial charge < -0.3 is 14.6 Å². The Bertz CT molecular complexity index is 1630. The van der Waals surface area contributed by atoms with Crippen LogP contribution in [0.25, 0.3) is 0 Å². The number of carbonyl (C=O) groups is 2. The molecule has 2 aromatic carbocycles. The fraction of sp³-hybridized carbons (Fsp3) is 0.636. The molecule has 264 valence electrons. The Hall–Kier alpha value is -2.92. The SMILES string of the molecule is CC1(C)C(OC(=O)c2ccccc2)CC[C@]2(C)C3=C(C(O)CC12)[C@@]1(C)CC[C@@]2(C)CC[C@@](C)(COC(=O)c4ccccc4)CC2[C@]1(C)CC3. The zero-order valence-electron chi connectivity index (χ0n) is 30.9. The van der Waals surface area contributed by atoms with Crippen molar-refractivity contribution in [2.45, 2.75) is 125 Å². The van der Waals surface area contributed by atoms with Gasteiger partial charge in [0.25, 0.3) is 0 Å². The van der Waals surface area contributed by atoms with Gasteiger partial charge in [-0.1, -0.05) is 90.4 Å². The minimum atomic E-state index is -0.494. The van der Waals surface area contributed by atoms with Crippen molar-refractivity contribution in [3.8, 4) is 0 Å². The third-order valence-electron chi connectivity index (χ3n) is 15.6. The highest BCUT2D eigenvalue weighted by Crippen LogP contribution is 2.75. The minimum Gasteiger partial charge on any atom is -0.462 e. The van der Waals surface area contributed by atoms with Crippen LogP contribution in [-0.4, -0.2) is 35.9 Å². The lowest BCUT2D eigenvalue weighted by atomic mass is 9.35. The quantitative estimate of drug-likeness (QED) is 0.254. The molecule has 0 amide bonds. The molecular formula is C44H58O5. The first kappa shape index (κ1) is 34.5. The van der Waals surface area contributed by atoms with Crippen LogP contribution in [-0.2, 0) is 9.47 Å². The first-order valence-corrected chi connectivity index (χ1v) is 19.0. The molecule has 0 heterocycles. The summed E-state index contributed by atoms with van der Waals surface area (Å²) in [7, 11) is 0. The van der Waals surface area contributed by atoms with Crippen molar-refractivity contribution in [1.29, 1.82) is 0 Å². The molecule has 5 aliphatic rings. The number of benzene rings is 2. The standard InChI is InChI=1S/C44H58O5/c1-39(2)33-26-32(45)36-31(42(33,5)20-19-35(39)49-38(47)30-16-12-9-13-17-30)18-21-43(6)34-27-40(3,22-23-41(34,4)24-25-44(36,43)7)28-48-37(46)29-14-10-8-11-15-29/h8-17,32-35,45H,18-28H2,1-7H3/t32?,33?,34?,35?,40-,41-,42-,43+,44-/m1/s1. The van der Waals surface area contributed by atoms with Crippen LogP contribution in [0.5, 0.6) is 0 Å². The summed E-state index contributed by atoms with van der Waals surface area (Å²) < 4.78 is 12.3. The van der Waals surface area contributed by atoms with Crippen molar-refractivity contribution >= 4 is 11.9 Å². The topological polar surface area (TPSA) is 72.8 Å². The van der Waals surface area contributed by atoms with Gasteiger partial charge in [0.1, 0.15) is 6.10 Å². The van der Waals surface area contributed by atoms with E-state index >= 15 is 0 Å². The molecular weight excluding hydrogens is 608 g/mol. The molecule has 7 rings (SSSR count). The van der Waals surface area contributed by atoms with E-state index in [9.17, 15) is 14.7 Å². The fourth-order valence-electron chi connectivity index (χ4n) is 12.3. The molecule has 5 nitrogen and oxygen atoms in total. The number of allylic oxidation sites excluding steroid dienone is 1. The number of aliphatic hydroxyl groups excluding tert-OH is 1. The molecule has 0 saturated heterocycles. The number of aliphatic hydroxyl groups is 1. The Kier molecular flexibility index (Phi) is 8.33. The van der Waals surface area contributed by atoms with Gasteiger partial charge in [0.2, 0.25) is 0 Å². The zero-order valence-corrected chi connectivity index (χ0v) is 30.9. The number of esters is 2. The molecule has 0 bridgehead atoms. The van der Waals surface area contributed by atoms with Crippen LogP contribution < -0.4 is 0 Å². The molecule has 49 heavy (non-hydrogen) atoms.